The molecule has 0 amide bonds. The van der Waals surface area contributed by atoms with Crippen molar-refractivity contribution in [2.75, 3.05) is 0 Å². The highest BCUT2D eigenvalue weighted by Crippen LogP contribution is 2.51. The van der Waals surface area contributed by atoms with Crippen LogP contribution >= 0.6 is 0 Å². The van der Waals surface area contributed by atoms with Crippen LogP contribution in [0.2, 0.25) is 0 Å². The fraction of sp³-hybridized carbons (Fsp3) is 0.0612. The molecule has 0 radical (unpaired) electrons. The van der Waals surface area contributed by atoms with Gasteiger partial charge in [-0.3, -0.25) is 0 Å². The third-order valence-corrected chi connectivity index (χ3v) is 11.0. The van der Waals surface area contributed by atoms with E-state index in [-0.39, 0.29) is 5.41 Å². The van der Waals surface area contributed by atoms with Gasteiger partial charge in [-0.05, 0) is 117 Å². The Labute approximate surface area is 286 Å². The van der Waals surface area contributed by atoms with E-state index < -0.39 is 0 Å². The molecular formula is C49H34. The Kier molecular flexibility index (Phi) is 6.02. The van der Waals surface area contributed by atoms with Crippen LogP contribution < -0.4 is 0 Å². The van der Waals surface area contributed by atoms with Gasteiger partial charge >= 0.3 is 0 Å². The van der Waals surface area contributed by atoms with Gasteiger partial charge in [0, 0.05) is 5.41 Å². The summed E-state index contributed by atoms with van der Waals surface area (Å²) in [5.74, 6) is 0. The van der Waals surface area contributed by atoms with E-state index in [9.17, 15) is 0 Å². The van der Waals surface area contributed by atoms with Crippen molar-refractivity contribution in [1.29, 1.82) is 0 Å². The Bertz CT molecular complexity index is 2730. The minimum Gasteiger partial charge on any atom is -0.0619 e. The molecule has 1 aliphatic rings. The minimum atomic E-state index is -0.0158. The number of hydrogen-bond donors (Lipinski definition) is 0. The second-order valence-electron chi connectivity index (χ2n) is 14.0. The van der Waals surface area contributed by atoms with Gasteiger partial charge < -0.3 is 0 Å². The first-order valence-electron chi connectivity index (χ1n) is 17.3. The molecule has 0 saturated carbocycles. The van der Waals surface area contributed by atoms with Gasteiger partial charge in [0.1, 0.15) is 0 Å². The molecule has 0 N–H and O–H groups in total. The lowest BCUT2D eigenvalue weighted by molar-refractivity contribution is 0.660. The van der Waals surface area contributed by atoms with Crippen molar-refractivity contribution < 1.29 is 0 Å². The van der Waals surface area contributed by atoms with Crippen LogP contribution in [0.4, 0.5) is 0 Å². The van der Waals surface area contributed by atoms with E-state index in [0.29, 0.717) is 0 Å². The average Bonchev–Trinajstić information content (AvgIpc) is 3.38. The van der Waals surface area contributed by atoms with Gasteiger partial charge in [0.15, 0.2) is 0 Å². The van der Waals surface area contributed by atoms with E-state index in [0.717, 1.165) is 0 Å². The fourth-order valence-corrected chi connectivity index (χ4v) is 8.75. The van der Waals surface area contributed by atoms with Gasteiger partial charge in [0.25, 0.3) is 0 Å². The van der Waals surface area contributed by atoms with Gasteiger partial charge in [0.05, 0.1) is 0 Å². The van der Waals surface area contributed by atoms with E-state index in [4.69, 9.17) is 0 Å². The van der Waals surface area contributed by atoms with Crippen LogP contribution in [0.15, 0.2) is 170 Å². The van der Waals surface area contributed by atoms with Gasteiger partial charge in [-0.15, -0.1) is 0 Å². The highest BCUT2D eigenvalue weighted by molar-refractivity contribution is 6.24. The Morgan fingerprint density at radius 1 is 0.306 bits per heavy atom. The zero-order valence-corrected chi connectivity index (χ0v) is 27.7. The molecule has 0 heteroatoms. The van der Waals surface area contributed by atoms with Crippen molar-refractivity contribution >= 4 is 43.1 Å². The Hall–Kier alpha value is -5.98. The van der Waals surface area contributed by atoms with Crippen molar-refractivity contribution in [2.24, 2.45) is 0 Å². The topological polar surface area (TPSA) is 0 Å². The van der Waals surface area contributed by atoms with Crippen molar-refractivity contribution in [3.05, 3.63) is 181 Å². The normalized spacial score (nSPS) is 13.3. The number of hydrogen-bond acceptors (Lipinski definition) is 0. The maximum absolute atomic E-state index is 2.45. The van der Waals surface area contributed by atoms with Gasteiger partial charge in [-0.2, -0.15) is 0 Å². The molecule has 0 saturated heterocycles. The molecule has 0 unspecified atom stereocenters. The molecule has 0 nitrogen and oxygen atoms in total. The molecule has 0 bridgehead atoms. The lowest BCUT2D eigenvalue weighted by Gasteiger charge is -2.22. The van der Waals surface area contributed by atoms with Crippen LogP contribution in [0.25, 0.3) is 87.6 Å². The van der Waals surface area contributed by atoms with Crippen molar-refractivity contribution in [3.63, 3.8) is 0 Å². The maximum atomic E-state index is 2.45. The monoisotopic (exact) mass is 622 g/mol. The van der Waals surface area contributed by atoms with Crippen molar-refractivity contribution in [1.82, 2.24) is 0 Å². The SMILES string of the molecule is CC1(C)c2ccccc2-c2cc(-c3cc(-c4c5ccccc5c(-c5cccc6ccccc56)c5ccccc45)cc4ccccc34)ccc21. The minimum absolute atomic E-state index is 0.0158. The van der Waals surface area contributed by atoms with Crippen LogP contribution in [0, 0.1) is 0 Å². The standard InChI is InChI=1S/C49H34/c1-49(2)45-25-12-11-19-37(45)44-29-33(26-27-46(44)49)43-30-34(28-32-15-4-6-18-36(32)43)47-39-20-7-9-22-41(39)48(42-23-10-8-21-40(42)47)38-24-13-16-31-14-3-5-17-35(31)38/h3-30H,1-2H3. The van der Waals surface area contributed by atoms with Crippen LogP contribution in [0.1, 0.15) is 25.0 Å². The second kappa shape index (κ2) is 10.5. The summed E-state index contributed by atoms with van der Waals surface area (Å²) in [5.41, 5.74) is 13.1. The Morgan fingerprint density at radius 3 is 1.51 bits per heavy atom. The smallest absolute Gasteiger partial charge is 0.0158 e. The first-order chi connectivity index (χ1) is 24.1. The largest absolute Gasteiger partial charge is 0.0619 e. The summed E-state index contributed by atoms with van der Waals surface area (Å²) in [4.78, 5) is 0. The summed E-state index contributed by atoms with van der Waals surface area (Å²) in [6.45, 7) is 4.71. The van der Waals surface area contributed by atoms with Gasteiger partial charge in [-0.25, -0.2) is 0 Å². The average molecular weight is 623 g/mol. The highest BCUT2D eigenvalue weighted by atomic mass is 14.4. The lowest BCUT2D eigenvalue weighted by Crippen LogP contribution is -2.14. The molecular weight excluding hydrogens is 589 g/mol. The lowest BCUT2D eigenvalue weighted by atomic mass is 9.81. The first kappa shape index (κ1) is 28.1. The van der Waals surface area contributed by atoms with E-state index in [1.54, 1.807) is 0 Å². The van der Waals surface area contributed by atoms with Crippen LogP contribution in [-0.4, -0.2) is 0 Å². The third-order valence-electron chi connectivity index (χ3n) is 11.0. The molecule has 0 aromatic heterocycles. The molecule has 0 atom stereocenters. The fourth-order valence-electron chi connectivity index (χ4n) is 8.75. The molecule has 0 heterocycles. The summed E-state index contributed by atoms with van der Waals surface area (Å²) in [6, 6.07) is 63.3. The van der Waals surface area contributed by atoms with Crippen LogP contribution in [0.3, 0.4) is 0 Å². The molecule has 10 rings (SSSR count). The summed E-state index contributed by atoms with van der Waals surface area (Å²) in [6.07, 6.45) is 0. The quantitative estimate of drug-likeness (QED) is 0.172. The van der Waals surface area contributed by atoms with Crippen LogP contribution in [-0.2, 0) is 5.41 Å². The summed E-state index contributed by atoms with van der Waals surface area (Å²) in [7, 11) is 0. The zero-order chi connectivity index (χ0) is 32.7. The predicted molar refractivity (Wildman–Crippen MR) is 210 cm³/mol. The molecule has 9 aromatic rings. The first-order valence-corrected chi connectivity index (χ1v) is 17.3. The zero-order valence-electron chi connectivity index (χ0n) is 27.7. The van der Waals surface area contributed by atoms with Crippen molar-refractivity contribution in [3.8, 4) is 44.5 Å². The molecule has 0 aliphatic heterocycles. The third kappa shape index (κ3) is 4.11. The number of rotatable bonds is 3. The number of benzene rings is 9. The molecule has 230 valence electrons. The van der Waals surface area contributed by atoms with E-state index in [2.05, 4.69) is 184 Å². The Morgan fingerprint density at radius 2 is 0.796 bits per heavy atom. The number of fused-ring (bicyclic) bond motifs is 7. The highest BCUT2D eigenvalue weighted by Gasteiger charge is 2.35. The summed E-state index contributed by atoms with van der Waals surface area (Å²) in [5, 5.41) is 10.2. The van der Waals surface area contributed by atoms with Crippen molar-refractivity contribution in [2.45, 2.75) is 19.3 Å². The van der Waals surface area contributed by atoms with E-state index in [1.807, 2.05) is 0 Å². The van der Waals surface area contributed by atoms with E-state index in [1.165, 1.54) is 98.7 Å². The summed E-state index contributed by atoms with van der Waals surface area (Å²) >= 11 is 0. The molecule has 1 aliphatic carbocycles. The van der Waals surface area contributed by atoms with Gasteiger partial charge in [-0.1, -0.05) is 166 Å². The van der Waals surface area contributed by atoms with Gasteiger partial charge in [0.2, 0.25) is 0 Å². The Balaban J connectivity index is 1.27. The second-order valence-corrected chi connectivity index (χ2v) is 14.0. The predicted octanol–water partition coefficient (Wildman–Crippen LogP) is 13.6. The maximum Gasteiger partial charge on any atom is 0.0158 e. The molecule has 9 aromatic carbocycles. The summed E-state index contributed by atoms with van der Waals surface area (Å²) < 4.78 is 0. The van der Waals surface area contributed by atoms with E-state index >= 15 is 0 Å². The molecule has 49 heavy (non-hydrogen) atoms. The van der Waals surface area contributed by atoms with Crippen LogP contribution in [0.5, 0.6) is 0 Å². The molecule has 0 spiro atoms. The molecule has 0 fully saturated rings.